The number of rotatable bonds is 4. The summed E-state index contributed by atoms with van der Waals surface area (Å²) < 4.78 is 0. The van der Waals surface area contributed by atoms with Crippen LogP contribution in [0.1, 0.15) is 13.8 Å². The lowest BCUT2D eigenvalue weighted by molar-refractivity contribution is -0.149. The first-order valence-electron chi connectivity index (χ1n) is 6.39. The predicted octanol–water partition coefficient (Wildman–Crippen LogP) is -0.313. The third-order valence-electron chi connectivity index (χ3n) is 3.80. The summed E-state index contributed by atoms with van der Waals surface area (Å²) in [5.74, 6) is -0.705. The van der Waals surface area contributed by atoms with Crippen LogP contribution in [0.3, 0.4) is 0 Å². The number of carboxylic acids is 1. The first-order valence-corrected chi connectivity index (χ1v) is 6.39. The monoisotopic (exact) mass is 241 g/mol. The van der Waals surface area contributed by atoms with Gasteiger partial charge >= 0.3 is 5.97 Å². The van der Waals surface area contributed by atoms with Crippen LogP contribution in [-0.4, -0.2) is 72.7 Å². The van der Waals surface area contributed by atoms with E-state index >= 15 is 0 Å². The molecule has 0 unspecified atom stereocenters. The van der Waals surface area contributed by atoms with Gasteiger partial charge < -0.3 is 10.4 Å². The third-order valence-corrected chi connectivity index (χ3v) is 3.80. The number of hydrogen-bond donors (Lipinski definition) is 2. The molecule has 0 aromatic carbocycles. The van der Waals surface area contributed by atoms with E-state index in [1.54, 1.807) is 13.8 Å². The average molecular weight is 241 g/mol. The van der Waals surface area contributed by atoms with Crippen molar-refractivity contribution in [1.29, 1.82) is 0 Å². The molecule has 2 N–H and O–H groups in total. The van der Waals surface area contributed by atoms with Crippen molar-refractivity contribution in [3.63, 3.8) is 0 Å². The molecule has 5 nitrogen and oxygen atoms in total. The summed E-state index contributed by atoms with van der Waals surface area (Å²) in [4.78, 5) is 15.8. The van der Waals surface area contributed by atoms with Crippen molar-refractivity contribution in [3.8, 4) is 0 Å². The van der Waals surface area contributed by atoms with Crippen molar-refractivity contribution < 1.29 is 9.90 Å². The molecule has 0 bridgehead atoms. The fourth-order valence-electron chi connectivity index (χ4n) is 2.58. The number of aliphatic carboxylic acids is 1. The van der Waals surface area contributed by atoms with Crippen LogP contribution in [0.2, 0.25) is 0 Å². The van der Waals surface area contributed by atoms with Crippen LogP contribution in [-0.2, 0) is 4.79 Å². The molecular formula is C12H23N3O2. The number of nitrogens with one attached hydrogen (secondary N) is 1. The molecule has 0 spiro atoms. The fourth-order valence-corrected chi connectivity index (χ4v) is 2.58. The van der Waals surface area contributed by atoms with E-state index in [9.17, 15) is 4.79 Å². The van der Waals surface area contributed by atoms with Crippen LogP contribution < -0.4 is 5.32 Å². The second-order valence-corrected chi connectivity index (χ2v) is 5.82. The standard InChI is InChI=1S/C12H23N3O2/c1-12(2,11(16)17)9-14-7-10(8-14)15-5-3-13-4-6-15/h10,13H,3-9H2,1-2H3,(H,16,17). The summed E-state index contributed by atoms with van der Waals surface area (Å²) in [6, 6.07) is 0.640. The van der Waals surface area contributed by atoms with Crippen LogP contribution in [0.15, 0.2) is 0 Å². The minimum Gasteiger partial charge on any atom is -0.481 e. The van der Waals surface area contributed by atoms with Crippen molar-refractivity contribution >= 4 is 5.97 Å². The molecule has 2 fully saturated rings. The van der Waals surface area contributed by atoms with E-state index in [0.29, 0.717) is 12.6 Å². The number of piperazine rings is 1. The predicted molar refractivity (Wildman–Crippen MR) is 66.1 cm³/mol. The van der Waals surface area contributed by atoms with Gasteiger partial charge in [0.15, 0.2) is 0 Å². The molecule has 2 heterocycles. The molecular weight excluding hydrogens is 218 g/mol. The zero-order valence-corrected chi connectivity index (χ0v) is 10.8. The Balaban J connectivity index is 1.73. The molecule has 0 radical (unpaired) electrons. The smallest absolute Gasteiger partial charge is 0.310 e. The van der Waals surface area contributed by atoms with Gasteiger partial charge in [-0.3, -0.25) is 14.6 Å². The second-order valence-electron chi connectivity index (χ2n) is 5.82. The highest BCUT2D eigenvalue weighted by molar-refractivity contribution is 5.73. The summed E-state index contributed by atoms with van der Waals surface area (Å²) >= 11 is 0. The summed E-state index contributed by atoms with van der Waals surface area (Å²) in [7, 11) is 0. The zero-order valence-electron chi connectivity index (χ0n) is 10.8. The van der Waals surface area contributed by atoms with E-state index in [-0.39, 0.29) is 0 Å². The summed E-state index contributed by atoms with van der Waals surface area (Å²) in [5, 5.41) is 12.4. The van der Waals surface area contributed by atoms with Gasteiger partial charge in [0.05, 0.1) is 5.41 Å². The zero-order chi connectivity index (χ0) is 12.5. The topological polar surface area (TPSA) is 55.8 Å². The van der Waals surface area contributed by atoms with Gasteiger partial charge in [-0.2, -0.15) is 0 Å². The first kappa shape index (κ1) is 12.8. The van der Waals surface area contributed by atoms with Crippen LogP contribution >= 0.6 is 0 Å². The average Bonchev–Trinajstić information content (AvgIpc) is 2.24. The Morgan fingerprint density at radius 3 is 2.47 bits per heavy atom. The fraction of sp³-hybridized carbons (Fsp3) is 0.917. The molecule has 2 aliphatic rings. The Hall–Kier alpha value is -0.650. The van der Waals surface area contributed by atoms with E-state index in [0.717, 1.165) is 39.3 Å². The van der Waals surface area contributed by atoms with Crippen molar-refractivity contribution in [2.45, 2.75) is 19.9 Å². The summed E-state index contributed by atoms with van der Waals surface area (Å²) in [6.07, 6.45) is 0. The molecule has 0 saturated carbocycles. The first-order chi connectivity index (χ1) is 7.99. The third kappa shape index (κ3) is 2.97. The second kappa shape index (κ2) is 4.92. The Morgan fingerprint density at radius 1 is 1.35 bits per heavy atom. The summed E-state index contributed by atoms with van der Waals surface area (Å²) in [5.41, 5.74) is -0.631. The largest absolute Gasteiger partial charge is 0.481 e. The molecule has 5 heteroatoms. The number of likely N-dealkylation sites (tertiary alicyclic amines) is 1. The van der Waals surface area contributed by atoms with Gasteiger partial charge in [-0.25, -0.2) is 0 Å². The maximum absolute atomic E-state index is 11.0. The highest BCUT2D eigenvalue weighted by Gasteiger charge is 2.37. The van der Waals surface area contributed by atoms with Gasteiger partial charge in [0.2, 0.25) is 0 Å². The molecule has 2 saturated heterocycles. The van der Waals surface area contributed by atoms with Crippen molar-refractivity contribution in [3.05, 3.63) is 0 Å². The van der Waals surface area contributed by atoms with E-state index in [1.807, 2.05) is 0 Å². The van der Waals surface area contributed by atoms with Gasteiger partial charge in [-0.15, -0.1) is 0 Å². The number of carbonyl (C=O) groups is 1. The van der Waals surface area contributed by atoms with Crippen LogP contribution in [0.25, 0.3) is 0 Å². The minimum atomic E-state index is -0.705. The van der Waals surface area contributed by atoms with Crippen LogP contribution in [0, 0.1) is 5.41 Å². The normalized spacial score (nSPS) is 24.6. The van der Waals surface area contributed by atoms with Gasteiger partial charge in [0.25, 0.3) is 0 Å². The maximum atomic E-state index is 11.0. The van der Waals surface area contributed by atoms with Crippen molar-refractivity contribution in [2.24, 2.45) is 5.41 Å². The van der Waals surface area contributed by atoms with Gasteiger partial charge in [-0.05, 0) is 13.8 Å². The molecule has 98 valence electrons. The van der Waals surface area contributed by atoms with E-state index in [4.69, 9.17) is 5.11 Å². The molecule has 2 aliphatic heterocycles. The SMILES string of the molecule is CC(C)(CN1CC(N2CCNCC2)C1)C(=O)O. The van der Waals surface area contributed by atoms with Crippen molar-refractivity contribution in [1.82, 2.24) is 15.1 Å². The van der Waals surface area contributed by atoms with Gasteiger partial charge in [0, 0.05) is 51.9 Å². The van der Waals surface area contributed by atoms with Crippen LogP contribution in [0.4, 0.5) is 0 Å². The lowest BCUT2D eigenvalue weighted by Gasteiger charge is -2.48. The molecule has 0 atom stereocenters. The Kier molecular flexibility index (Phi) is 3.70. The molecule has 0 amide bonds. The minimum absolute atomic E-state index is 0.631. The molecule has 0 aromatic heterocycles. The highest BCUT2D eigenvalue weighted by Crippen LogP contribution is 2.23. The number of nitrogens with zero attached hydrogens (tertiary/aromatic N) is 2. The van der Waals surface area contributed by atoms with Gasteiger partial charge in [-0.1, -0.05) is 0 Å². The summed E-state index contributed by atoms with van der Waals surface area (Å²) in [6.45, 7) is 10.7. The van der Waals surface area contributed by atoms with E-state index in [1.165, 1.54) is 0 Å². The quantitative estimate of drug-likeness (QED) is 0.707. The highest BCUT2D eigenvalue weighted by atomic mass is 16.4. The van der Waals surface area contributed by atoms with Crippen LogP contribution in [0.5, 0.6) is 0 Å². The number of hydrogen-bond acceptors (Lipinski definition) is 4. The molecule has 17 heavy (non-hydrogen) atoms. The Labute approximate surface area is 103 Å². The lowest BCUT2D eigenvalue weighted by Crippen LogP contribution is -2.64. The van der Waals surface area contributed by atoms with Crippen molar-refractivity contribution in [2.75, 3.05) is 45.8 Å². The molecule has 2 rings (SSSR count). The molecule has 0 aliphatic carbocycles. The van der Waals surface area contributed by atoms with Gasteiger partial charge in [0.1, 0.15) is 0 Å². The maximum Gasteiger partial charge on any atom is 0.310 e. The Bertz CT molecular complexity index is 281. The van der Waals surface area contributed by atoms with E-state index < -0.39 is 11.4 Å². The molecule has 0 aromatic rings. The number of carboxylic acid groups (broad SMARTS) is 1. The Morgan fingerprint density at radius 2 is 1.94 bits per heavy atom. The van der Waals surface area contributed by atoms with E-state index in [2.05, 4.69) is 15.1 Å². The lowest BCUT2D eigenvalue weighted by atomic mass is 9.91.